The molecule has 0 radical (unpaired) electrons. The third-order valence-corrected chi connectivity index (χ3v) is 4.78. The van der Waals surface area contributed by atoms with E-state index in [1.165, 1.54) is 0 Å². The predicted molar refractivity (Wildman–Crippen MR) is 90.8 cm³/mol. The van der Waals surface area contributed by atoms with Crippen LogP contribution in [0.4, 0.5) is 0 Å². The van der Waals surface area contributed by atoms with Gasteiger partial charge in [0.2, 0.25) is 0 Å². The number of para-hydroxylation sites is 1. The first-order chi connectivity index (χ1) is 10.8. The number of carbonyl (C=O) groups is 1. The lowest BCUT2D eigenvalue weighted by atomic mass is 9.93. The van der Waals surface area contributed by atoms with Gasteiger partial charge in [-0.25, -0.2) is 0 Å². The molecule has 0 spiro atoms. The maximum atomic E-state index is 11.9. The van der Waals surface area contributed by atoms with Gasteiger partial charge in [-0.15, -0.1) is 11.8 Å². The Kier molecular flexibility index (Phi) is 4.29. The summed E-state index contributed by atoms with van der Waals surface area (Å²) in [6, 6.07) is 17.6. The van der Waals surface area contributed by atoms with Gasteiger partial charge >= 0.3 is 0 Å². The number of nitrogens with zero attached hydrogens (tertiary/aromatic N) is 1. The molecule has 2 aromatic rings. The summed E-state index contributed by atoms with van der Waals surface area (Å²) >= 11 is 1.61. The Morgan fingerprint density at radius 3 is 2.64 bits per heavy atom. The van der Waals surface area contributed by atoms with Crippen molar-refractivity contribution in [3.8, 4) is 5.75 Å². The topological polar surface area (TPSA) is 38.7 Å². The lowest BCUT2D eigenvalue weighted by molar-refractivity contribution is -0.111. The highest BCUT2D eigenvalue weighted by molar-refractivity contribution is 8.14. The number of hydrogen-bond donors (Lipinski definition) is 0. The zero-order valence-corrected chi connectivity index (χ0v) is 13.2. The fourth-order valence-electron chi connectivity index (χ4n) is 2.52. The predicted octanol–water partition coefficient (Wildman–Crippen LogP) is 3.67. The van der Waals surface area contributed by atoms with Crippen molar-refractivity contribution in [3.63, 3.8) is 0 Å². The van der Waals surface area contributed by atoms with E-state index in [4.69, 9.17) is 9.73 Å². The lowest BCUT2D eigenvalue weighted by Gasteiger charge is -2.21. The number of ether oxygens (including phenoxy) is 1. The van der Waals surface area contributed by atoms with Crippen molar-refractivity contribution in [3.05, 3.63) is 65.7 Å². The molecule has 0 fully saturated rings. The molecule has 0 saturated heterocycles. The highest BCUT2D eigenvalue weighted by atomic mass is 32.2. The molecule has 2 aromatic carbocycles. The van der Waals surface area contributed by atoms with Crippen molar-refractivity contribution in [2.24, 2.45) is 4.99 Å². The minimum Gasteiger partial charge on any atom is -0.493 e. The molecular formula is C18H17NO2S. The zero-order valence-electron chi connectivity index (χ0n) is 12.4. The van der Waals surface area contributed by atoms with Gasteiger partial charge in [-0.1, -0.05) is 48.5 Å². The van der Waals surface area contributed by atoms with Crippen molar-refractivity contribution < 1.29 is 9.53 Å². The van der Waals surface area contributed by atoms with Crippen LogP contribution in [0, 0.1) is 0 Å². The Morgan fingerprint density at radius 1 is 1.18 bits per heavy atom. The van der Waals surface area contributed by atoms with Gasteiger partial charge in [-0.3, -0.25) is 4.99 Å². The molecule has 4 heteroatoms. The molecule has 1 atom stereocenters. The Labute approximate surface area is 134 Å². The monoisotopic (exact) mass is 311 g/mol. The Balaban J connectivity index is 2.04. The van der Waals surface area contributed by atoms with Crippen LogP contribution < -0.4 is 4.74 Å². The van der Waals surface area contributed by atoms with Gasteiger partial charge in [0, 0.05) is 16.9 Å². The first-order valence-electron chi connectivity index (χ1n) is 7.26. The van der Waals surface area contributed by atoms with Crippen LogP contribution >= 0.6 is 11.8 Å². The highest BCUT2D eigenvalue weighted by Gasteiger charge is 2.39. The van der Waals surface area contributed by atoms with Crippen molar-refractivity contribution in [2.45, 2.75) is 12.5 Å². The summed E-state index contributed by atoms with van der Waals surface area (Å²) in [4.78, 5) is 16.6. The van der Waals surface area contributed by atoms with Gasteiger partial charge in [0.15, 0.2) is 11.8 Å². The van der Waals surface area contributed by atoms with Crippen LogP contribution in [-0.2, 0) is 10.3 Å². The van der Waals surface area contributed by atoms with E-state index in [1.807, 2.05) is 61.5 Å². The fourth-order valence-corrected chi connectivity index (χ4v) is 3.70. The first kappa shape index (κ1) is 14.9. The molecule has 3 nitrogen and oxygen atoms in total. The molecule has 3 rings (SSSR count). The largest absolute Gasteiger partial charge is 0.493 e. The highest BCUT2D eigenvalue weighted by Crippen LogP contribution is 2.41. The molecule has 0 saturated carbocycles. The summed E-state index contributed by atoms with van der Waals surface area (Å²) in [5.41, 5.74) is 1.03. The number of aliphatic imine (C=N–C) groups is 1. The molecule has 0 aliphatic carbocycles. The number of carbonyl (C=O) groups excluding carboxylic acids is 1. The van der Waals surface area contributed by atoms with E-state index in [2.05, 4.69) is 0 Å². The Bertz CT molecular complexity index is 699. The van der Waals surface area contributed by atoms with Crippen LogP contribution in [-0.4, -0.2) is 23.7 Å². The lowest BCUT2D eigenvalue weighted by Crippen LogP contribution is -2.26. The molecule has 1 aliphatic heterocycles. The normalized spacial score (nSPS) is 20.5. The molecule has 1 unspecified atom stereocenters. The van der Waals surface area contributed by atoms with Crippen LogP contribution in [0.15, 0.2) is 59.6 Å². The molecule has 112 valence electrons. The number of benzene rings is 2. The van der Waals surface area contributed by atoms with Crippen molar-refractivity contribution in [2.75, 3.05) is 12.4 Å². The molecule has 0 N–H and O–H groups in total. The average Bonchev–Trinajstić information content (AvgIpc) is 3.02. The quantitative estimate of drug-likeness (QED) is 0.791. The van der Waals surface area contributed by atoms with Crippen LogP contribution in [0.3, 0.4) is 0 Å². The van der Waals surface area contributed by atoms with Crippen LogP contribution in [0.25, 0.3) is 0 Å². The summed E-state index contributed by atoms with van der Waals surface area (Å²) < 4.78 is 5.68. The molecule has 22 heavy (non-hydrogen) atoms. The fraction of sp³-hybridized carbons (Fsp3) is 0.222. The second-order valence-corrected chi connectivity index (χ2v) is 6.01. The van der Waals surface area contributed by atoms with E-state index in [-0.39, 0.29) is 0 Å². The number of hydrogen-bond acceptors (Lipinski definition) is 4. The van der Waals surface area contributed by atoms with Gasteiger partial charge in [0.25, 0.3) is 0 Å². The van der Waals surface area contributed by atoms with Gasteiger partial charge in [-0.05, 0) is 13.0 Å². The third-order valence-electron chi connectivity index (χ3n) is 3.60. The number of rotatable bonds is 5. The van der Waals surface area contributed by atoms with Gasteiger partial charge in [-0.2, -0.15) is 0 Å². The summed E-state index contributed by atoms with van der Waals surface area (Å²) in [6.45, 7) is 2.50. The zero-order chi connectivity index (χ0) is 15.4. The summed E-state index contributed by atoms with van der Waals surface area (Å²) in [7, 11) is 0. The third kappa shape index (κ3) is 2.66. The first-order valence-corrected chi connectivity index (χ1v) is 8.24. The minimum atomic E-state index is -0.860. The second-order valence-electron chi connectivity index (χ2n) is 5.04. The summed E-state index contributed by atoms with van der Waals surface area (Å²) in [6.07, 6.45) is 0.938. The second kappa shape index (κ2) is 6.36. The van der Waals surface area contributed by atoms with Crippen molar-refractivity contribution in [1.29, 1.82) is 0 Å². The SMILES string of the molecule is CCOc1ccccc1C1(C=O)CSC(c2ccccc2)=N1. The summed E-state index contributed by atoms with van der Waals surface area (Å²) in [5.74, 6) is 1.33. The maximum Gasteiger partial charge on any atom is 0.155 e. The van der Waals surface area contributed by atoms with Gasteiger partial charge in [0.05, 0.1) is 11.7 Å². The average molecular weight is 311 g/mol. The van der Waals surface area contributed by atoms with Crippen molar-refractivity contribution >= 4 is 23.1 Å². The molecule has 1 heterocycles. The van der Waals surface area contributed by atoms with Crippen molar-refractivity contribution in [1.82, 2.24) is 0 Å². The Morgan fingerprint density at radius 2 is 1.91 bits per heavy atom. The van der Waals surface area contributed by atoms with Gasteiger partial charge in [0.1, 0.15) is 5.75 Å². The van der Waals surface area contributed by atoms with Crippen LogP contribution in [0.2, 0.25) is 0 Å². The molecule has 1 aliphatic rings. The van der Waals surface area contributed by atoms with Crippen LogP contribution in [0.5, 0.6) is 5.75 Å². The van der Waals surface area contributed by atoms with E-state index >= 15 is 0 Å². The smallest absolute Gasteiger partial charge is 0.155 e. The van der Waals surface area contributed by atoms with E-state index in [9.17, 15) is 4.79 Å². The molecule has 0 bridgehead atoms. The molecule has 0 aromatic heterocycles. The molecule has 0 amide bonds. The van der Waals surface area contributed by atoms with Crippen LogP contribution in [0.1, 0.15) is 18.1 Å². The Hall–Kier alpha value is -2.07. The summed E-state index contributed by atoms with van der Waals surface area (Å²) in [5, 5.41) is 0.902. The van der Waals surface area contributed by atoms with E-state index in [0.29, 0.717) is 12.4 Å². The standard InChI is InChI=1S/C18H17NO2S/c1-2-21-16-11-7-6-10-15(16)18(12-20)13-22-17(19-18)14-8-4-3-5-9-14/h3-12H,2,13H2,1H3. The maximum absolute atomic E-state index is 11.9. The van der Waals surface area contributed by atoms with E-state index in [0.717, 1.165) is 28.2 Å². The molecular weight excluding hydrogens is 294 g/mol. The minimum absolute atomic E-state index is 0.564. The number of aldehydes is 1. The van der Waals surface area contributed by atoms with Gasteiger partial charge < -0.3 is 9.53 Å². The van der Waals surface area contributed by atoms with E-state index < -0.39 is 5.54 Å². The van der Waals surface area contributed by atoms with E-state index in [1.54, 1.807) is 11.8 Å². The number of thioether (sulfide) groups is 1.